The molecule has 112 valence electrons. The van der Waals surface area contributed by atoms with Gasteiger partial charge >= 0.3 is 6.09 Å². The first-order valence-corrected chi connectivity index (χ1v) is 7.64. The van der Waals surface area contributed by atoms with Crippen molar-refractivity contribution >= 4 is 11.9 Å². The first-order valence-electron chi connectivity index (χ1n) is 7.64. The second-order valence-corrected chi connectivity index (χ2v) is 6.24. The topological polar surface area (TPSA) is 46.6 Å². The van der Waals surface area contributed by atoms with Crippen molar-refractivity contribution in [3.8, 4) is 0 Å². The Morgan fingerprint density at radius 2 is 1.86 bits per heavy atom. The molecular weight excluding hydrogens is 266 g/mol. The minimum Gasteiger partial charge on any atom is -0.445 e. The molecule has 3 rings (SSSR count). The van der Waals surface area contributed by atoms with Gasteiger partial charge in [0, 0.05) is 25.9 Å². The van der Waals surface area contributed by atoms with Crippen molar-refractivity contribution in [1.82, 2.24) is 4.90 Å². The Kier molecular flexibility index (Phi) is 3.95. The summed E-state index contributed by atoms with van der Waals surface area (Å²) in [5.41, 5.74) is 1.17. The summed E-state index contributed by atoms with van der Waals surface area (Å²) in [6.07, 6.45) is 4.05. The first kappa shape index (κ1) is 14.1. The Balaban J connectivity index is 1.48. The monoisotopic (exact) mass is 287 g/mol. The summed E-state index contributed by atoms with van der Waals surface area (Å²) in [6, 6.07) is 9.71. The molecule has 1 aliphatic carbocycles. The van der Waals surface area contributed by atoms with E-state index < -0.39 is 0 Å². The van der Waals surface area contributed by atoms with Crippen molar-refractivity contribution in [2.75, 3.05) is 13.1 Å². The van der Waals surface area contributed by atoms with E-state index >= 15 is 0 Å². The van der Waals surface area contributed by atoms with E-state index in [1.54, 1.807) is 4.90 Å². The Morgan fingerprint density at radius 1 is 1.14 bits per heavy atom. The zero-order valence-corrected chi connectivity index (χ0v) is 12.2. The molecule has 1 aromatic rings. The van der Waals surface area contributed by atoms with E-state index in [2.05, 4.69) is 0 Å². The zero-order chi connectivity index (χ0) is 14.7. The summed E-state index contributed by atoms with van der Waals surface area (Å²) in [5, 5.41) is 0. The maximum Gasteiger partial charge on any atom is 0.410 e. The molecule has 2 aliphatic rings. The van der Waals surface area contributed by atoms with Gasteiger partial charge in [0.15, 0.2) is 0 Å². The molecule has 1 spiro atoms. The largest absolute Gasteiger partial charge is 0.445 e. The van der Waals surface area contributed by atoms with Crippen LogP contribution in [0.2, 0.25) is 0 Å². The number of amides is 1. The summed E-state index contributed by atoms with van der Waals surface area (Å²) < 4.78 is 5.36. The minimum atomic E-state index is -0.238. The number of Topliss-reactive ketones (excluding diaryl/α,β-unsaturated/α-hetero) is 1. The normalized spacial score (nSPS) is 20.8. The van der Waals surface area contributed by atoms with Crippen LogP contribution in [0.15, 0.2) is 30.3 Å². The fraction of sp³-hybridized carbons (Fsp3) is 0.529. The Hall–Kier alpha value is -1.84. The summed E-state index contributed by atoms with van der Waals surface area (Å²) in [6.45, 7) is 1.74. The molecule has 1 aromatic carbocycles. The predicted octanol–water partition coefficient (Wildman–Crippen LogP) is 3.16. The highest BCUT2D eigenvalue weighted by Crippen LogP contribution is 2.44. The van der Waals surface area contributed by atoms with Crippen LogP contribution in [0, 0.1) is 5.41 Å². The zero-order valence-electron chi connectivity index (χ0n) is 12.2. The molecule has 0 aromatic heterocycles. The van der Waals surface area contributed by atoms with E-state index in [1.165, 1.54) is 0 Å². The molecule has 1 heterocycles. The number of piperidine rings is 1. The number of hydrogen-bond acceptors (Lipinski definition) is 3. The van der Waals surface area contributed by atoms with Crippen LogP contribution in [0.4, 0.5) is 4.79 Å². The smallest absolute Gasteiger partial charge is 0.410 e. The molecule has 0 radical (unpaired) electrons. The second-order valence-electron chi connectivity index (χ2n) is 6.24. The number of ether oxygens (including phenoxy) is 1. The van der Waals surface area contributed by atoms with Crippen LogP contribution in [0.5, 0.6) is 0 Å². The third kappa shape index (κ3) is 3.26. The summed E-state index contributed by atoms with van der Waals surface area (Å²) >= 11 is 0. The molecule has 21 heavy (non-hydrogen) atoms. The third-order valence-electron chi connectivity index (χ3n) is 4.79. The van der Waals surface area contributed by atoms with Gasteiger partial charge in [-0.3, -0.25) is 4.79 Å². The number of likely N-dealkylation sites (tertiary alicyclic amines) is 1. The van der Waals surface area contributed by atoms with Crippen LogP contribution in [-0.2, 0) is 16.1 Å². The van der Waals surface area contributed by atoms with E-state index in [-0.39, 0.29) is 11.5 Å². The van der Waals surface area contributed by atoms with E-state index in [4.69, 9.17) is 4.74 Å². The number of rotatable bonds is 2. The van der Waals surface area contributed by atoms with Gasteiger partial charge in [-0.05, 0) is 30.2 Å². The Bertz CT molecular complexity index is 518. The molecule has 0 atom stereocenters. The highest BCUT2D eigenvalue weighted by molar-refractivity contribution is 5.81. The lowest BCUT2D eigenvalue weighted by Gasteiger charge is -2.38. The predicted molar refractivity (Wildman–Crippen MR) is 78.7 cm³/mol. The average molecular weight is 287 g/mol. The number of hydrogen-bond donors (Lipinski definition) is 0. The van der Waals surface area contributed by atoms with Crippen LogP contribution >= 0.6 is 0 Å². The lowest BCUT2D eigenvalue weighted by atomic mass is 9.77. The van der Waals surface area contributed by atoms with Gasteiger partial charge in [-0.25, -0.2) is 4.79 Å². The van der Waals surface area contributed by atoms with Gasteiger partial charge in [-0.2, -0.15) is 0 Å². The minimum absolute atomic E-state index is 0.174. The standard InChI is InChI=1S/C17H21NO3/c19-15-6-7-17(12-15)8-10-18(11-9-17)16(20)21-13-14-4-2-1-3-5-14/h1-5H,6-13H2. The van der Waals surface area contributed by atoms with Crippen LogP contribution in [-0.4, -0.2) is 29.9 Å². The van der Waals surface area contributed by atoms with E-state index in [0.29, 0.717) is 31.9 Å². The second kappa shape index (κ2) is 5.88. The van der Waals surface area contributed by atoms with Gasteiger partial charge < -0.3 is 9.64 Å². The quantitative estimate of drug-likeness (QED) is 0.839. The number of ketones is 1. The molecule has 0 unspecified atom stereocenters. The number of benzene rings is 1. The maximum absolute atomic E-state index is 12.1. The average Bonchev–Trinajstić information content (AvgIpc) is 2.87. The Labute approximate surface area is 125 Å². The highest BCUT2D eigenvalue weighted by Gasteiger charge is 2.41. The van der Waals surface area contributed by atoms with Gasteiger partial charge in [0.05, 0.1) is 0 Å². The molecule has 0 bridgehead atoms. The lowest BCUT2D eigenvalue weighted by Crippen LogP contribution is -2.42. The number of carbonyl (C=O) groups excluding carboxylic acids is 2. The molecule has 1 amide bonds. The Morgan fingerprint density at radius 3 is 2.48 bits per heavy atom. The number of carbonyl (C=O) groups is 2. The van der Waals surface area contributed by atoms with Gasteiger partial charge in [0.25, 0.3) is 0 Å². The molecule has 4 nitrogen and oxygen atoms in total. The highest BCUT2D eigenvalue weighted by atomic mass is 16.6. The van der Waals surface area contributed by atoms with Crippen LogP contribution in [0.3, 0.4) is 0 Å². The fourth-order valence-corrected chi connectivity index (χ4v) is 3.40. The molecule has 0 N–H and O–H groups in total. The SMILES string of the molecule is O=C1CCC2(CCN(C(=O)OCc3ccccc3)CC2)C1. The van der Waals surface area contributed by atoms with Crippen molar-refractivity contribution in [3.05, 3.63) is 35.9 Å². The fourth-order valence-electron chi connectivity index (χ4n) is 3.40. The summed E-state index contributed by atoms with van der Waals surface area (Å²) in [4.78, 5) is 25.3. The molecular formula is C17H21NO3. The van der Waals surface area contributed by atoms with Gasteiger partial charge in [0.1, 0.15) is 12.4 Å². The van der Waals surface area contributed by atoms with Crippen LogP contribution < -0.4 is 0 Å². The van der Waals surface area contributed by atoms with Crippen molar-refractivity contribution in [2.24, 2.45) is 5.41 Å². The van der Waals surface area contributed by atoms with Crippen LogP contribution in [0.1, 0.15) is 37.7 Å². The van der Waals surface area contributed by atoms with E-state index in [9.17, 15) is 9.59 Å². The van der Waals surface area contributed by atoms with Gasteiger partial charge in [0.2, 0.25) is 0 Å². The molecule has 1 saturated carbocycles. The number of nitrogens with zero attached hydrogens (tertiary/aromatic N) is 1. The van der Waals surface area contributed by atoms with Crippen molar-refractivity contribution in [1.29, 1.82) is 0 Å². The first-order chi connectivity index (χ1) is 10.2. The summed E-state index contributed by atoms with van der Waals surface area (Å²) in [7, 11) is 0. The molecule has 1 aliphatic heterocycles. The third-order valence-corrected chi connectivity index (χ3v) is 4.79. The molecule has 2 fully saturated rings. The van der Waals surface area contributed by atoms with Crippen LogP contribution in [0.25, 0.3) is 0 Å². The molecule has 4 heteroatoms. The van der Waals surface area contributed by atoms with Gasteiger partial charge in [-0.15, -0.1) is 0 Å². The van der Waals surface area contributed by atoms with Crippen molar-refractivity contribution in [3.63, 3.8) is 0 Å². The van der Waals surface area contributed by atoms with Crippen molar-refractivity contribution in [2.45, 2.75) is 38.7 Å². The van der Waals surface area contributed by atoms with Gasteiger partial charge in [-0.1, -0.05) is 30.3 Å². The maximum atomic E-state index is 12.1. The van der Waals surface area contributed by atoms with Crippen molar-refractivity contribution < 1.29 is 14.3 Å². The summed E-state index contributed by atoms with van der Waals surface area (Å²) in [5.74, 6) is 0.384. The van der Waals surface area contributed by atoms with E-state index in [0.717, 1.165) is 31.2 Å². The molecule has 1 saturated heterocycles. The van der Waals surface area contributed by atoms with E-state index in [1.807, 2.05) is 30.3 Å². The lowest BCUT2D eigenvalue weighted by molar-refractivity contribution is -0.118.